The quantitative estimate of drug-likeness (QED) is 0.680. The van der Waals surface area contributed by atoms with Crippen molar-refractivity contribution in [1.82, 2.24) is 0 Å². The van der Waals surface area contributed by atoms with Gasteiger partial charge in [-0.25, -0.2) is 0 Å². The zero-order chi connectivity index (χ0) is 10.1. The van der Waals surface area contributed by atoms with Gasteiger partial charge in [0.1, 0.15) is 5.75 Å². The van der Waals surface area contributed by atoms with Gasteiger partial charge >= 0.3 is 0 Å². The Bertz CT molecular complexity index is 304. The number of hydrogen-bond donors (Lipinski definition) is 0. The van der Waals surface area contributed by atoms with E-state index in [0.29, 0.717) is 0 Å². The van der Waals surface area contributed by atoms with Gasteiger partial charge in [0.05, 0.1) is 0 Å². The highest BCUT2D eigenvalue weighted by molar-refractivity contribution is 6.70. The monoisotopic (exact) mass is 214 g/mol. The van der Waals surface area contributed by atoms with Gasteiger partial charge in [0, 0.05) is 10.6 Å². The van der Waals surface area contributed by atoms with Crippen LogP contribution in [0.1, 0.15) is 5.56 Å². The normalized spacial score (nSPS) is 11.5. The molecule has 1 aromatic rings. The minimum absolute atomic E-state index is 0.774. The average Bonchev–Trinajstić information content (AvgIpc) is 1.96. The van der Waals surface area contributed by atoms with E-state index in [-0.39, 0.29) is 0 Å². The minimum atomic E-state index is -1.51. The Kier molecular flexibility index (Phi) is 3.04. The lowest BCUT2D eigenvalue weighted by molar-refractivity contribution is 0.553. The van der Waals surface area contributed by atoms with E-state index in [1.54, 1.807) is 0 Å². The first kappa shape index (κ1) is 10.6. The molecule has 0 aliphatic carbocycles. The molecule has 1 nitrogen and oxygen atoms in total. The van der Waals surface area contributed by atoms with Crippen LogP contribution in [-0.4, -0.2) is 8.32 Å². The van der Waals surface area contributed by atoms with Crippen LogP contribution in [0.2, 0.25) is 24.7 Å². The zero-order valence-corrected chi connectivity index (χ0v) is 10.3. The summed E-state index contributed by atoms with van der Waals surface area (Å²) in [5.74, 6) is 0.923. The van der Waals surface area contributed by atoms with Crippen molar-refractivity contribution < 1.29 is 4.43 Å². The Morgan fingerprint density at radius 1 is 1.23 bits per heavy atom. The van der Waals surface area contributed by atoms with E-state index in [9.17, 15) is 0 Å². The maximum Gasteiger partial charge on any atom is 0.242 e. The topological polar surface area (TPSA) is 9.23 Å². The highest BCUT2D eigenvalue weighted by atomic mass is 35.5. The van der Waals surface area contributed by atoms with Gasteiger partial charge in [-0.05, 0) is 38.7 Å². The van der Waals surface area contributed by atoms with Gasteiger partial charge < -0.3 is 4.43 Å². The van der Waals surface area contributed by atoms with Crippen molar-refractivity contribution in [3.63, 3.8) is 0 Å². The summed E-state index contributed by atoms with van der Waals surface area (Å²) in [6.45, 7) is 8.46. The third-order valence-electron chi connectivity index (χ3n) is 1.63. The molecule has 13 heavy (non-hydrogen) atoms. The van der Waals surface area contributed by atoms with Crippen LogP contribution in [-0.2, 0) is 0 Å². The highest BCUT2D eigenvalue weighted by Crippen LogP contribution is 2.26. The summed E-state index contributed by atoms with van der Waals surface area (Å²) in [7, 11) is -1.51. The number of benzene rings is 1. The van der Waals surface area contributed by atoms with Crippen LogP contribution in [0.5, 0.6) is 5.75 Å². The maximum atomic E-state index is 5.98. The predicted octanol–water partition coefficient (Wildman–Crippen LogP) is 3.86. The van der Waals surface area contributed by atoms with Crippen molar-refractivity contribution in [3.8, 4) is 5.75 Å². The molecule has 0 unspecified atom stereocenters. The Labute approximate surface area is 85.8 Å². The molecule has 0 bridgehead atoms. The van der Waals surface area contributed by atoms with Crippen molar-refractivity contribution in [2.75, 3.05) is 0 Å². The molecule has 0 aromatic heterocycles. The summed E-state index contributed by atoms with van der Waals surface area (Å²) in [5.41, 5.74) is 1.03. The average molecular weight is 215 g/mol. The van der Waals surface area contributed by atoms with E-state index in [2.05, 4.69) is 19.6 Å². The first-order chi connectivity index (χ1) is 5.90. The van der Waals surface area contributed by atoms with Crippen molar-refractivity contribution >= 4 is 19.9 Å². The largest absolute Gasteiger partial charge is 0.544 e. The molecule has 0 radical (unpaired) electrons. The van der Waals surface area contributed by atoms with E-state index < -0.39 is 8.32 Å². The summed E-state index contributed by atoms with van der Waals surface area (Å²) in [4.78, 5) is 0. The second-order valence-electron chi connectivity index (χ2n) is 4.08. The molecule has 72 valence electrons. The smallest absolute Gasteiger partial charge is 0.242 e. The first-order valence-electron chi connectivity index (χ1n) is 4.34. The lowest BCUT2D eigenvalue weighted by atomic mass is 10.2. The van der Waals surface area contributed by atoms with Gasteiger partial charge in [-0.15, -0.1) is 0 Å². The minimum Gasteiger partial charge on any atom is -0.544 e. The fourth-order valence-electron chi connectivity index (χ4n) is 1.03. The molecular weight excluding hydrogens is 200 g/mol. The molecule has 0 saturated carbocycles. The molecule has 1 rings (SSSR count). The Morgan fingerprint density at radius 2 is 1.85 bits per heavy atom. The molecule has 0 atom stereocenters. The lowest BCUT2D eigenvalue weighted by Crippen LogP contribution is -2.29. The van der Waals surface area contributed by atoms with E-state index in [0.717, 1.165) is 16.3 Å². The second-order valence-corrected chi connectivity index (χ2v) is 8.91. The Morgan fingerprint density at radius 3 is 2.38 bits per heavy atom. The number of hydrogen-bond acceptors (Lipinski definition) is 1. The third-order valence-corrected chi connectivity index (χ3v) is 2.88. The number of rotatable bonds is 2. The Hall–Kier alpha value is -0.473. The van der Waals surface area contributed by atoms with Gasteiger partial charge in [0.2, 0.25) is 8.32 Å². The van der Waals surface area contributed by atoms with Crippen LogP contribution in [0.3, 0.4) is 0 Å². The van der Waals surface area contributed by atoms with E-state index in [4.69, 9.17) is 16.0 Å². The van der Waals surface area contributed by atoms with Crippen molar-refractivity contribution in [3.05, 3.63) is 28.8 Å². The van der Waals surface area contributed by atoms with E-state index >= 15 is 0 Å². The van der Waals surface area contributed by atoms with Gasteiger partial charge in [0.25, 0.3) is 0 Å². The molecular formula is C10H15ClOSi. The summed E-state index contributed by atoms with van der Waals surface area (Å²) in [6, 6.07) is 5.78. The van der Waals surface area contributed by atoms with Gasteiger partial charge in [0.15, 0.2) is 0 Å². The molecule has 0 saturated heterocycles. The molecule has 0 heterocycles. The van der Waals surface area contributed by atoms with Crippen molar-refractivity contribution in [1.29, 1.82) is 0 Å². The summed E-state index contributed by atoms with van der Waals surface area (Å²) >= 11 is 5.98. The summed E-state index contributed by atoms with van der Waals surface area (Å²) in [5, 5.41) is 0.774. The van der Waals surface area contributed by atoms with Crippen LogP contribution in [0.25, 0.3) is 0 Å². The van der Waals surface area contributed by atoms with Gasteiger partial charge in [-0.3, -0.25) is 0 Å². The van der Waals surface area contributed by atoms with Crippen LogP contribution in [0.15, 0.2) is 18.2 Å². The molecule has 0 aliphatic rings. The van der Waals surface area contributed by atoms with E-state index in [1.165, 1.54) is 0 Å². The zero-order valence-electron chi connectivity index (χ0n) is 8.52. The molecule has 1 aromatic carbocycles. The number of halogens is 1. The molecule has 0 aliphatic heterocycles. The Balaban J connectivity index is 2.96. The standard InChI is InChI=1S/C10H15ClOSi/c1-8-9(11)6-5-7-10(8)12-13(2,3)4/h5-7H,1-4H3. The van der Waals surface area contributed by atoms with Crippen molar-refractivity contribution in [2.24, 2.45) is 0 Å². The van der Waals surface area contributed by atoms with Crippen molar-refractivity contribution in [2.45, 2.75) is 26.6 Å². The molecule has 0 spiro atoms. The summed E-state index contributed by atoms with van der Waals surface area (Å²) < 4.78 is 5.87. The fraction of sp³-hybridized carbons (Fsp3) is 0.400. The SMILES string of the molecule is Cc1c(Cl)cccc1O[Si](C)(C)C. The fourth-order valence-corrected chi connectivity index (χ4v) is 2.07. The molecule has 0 amide bonds. The molecule has 3 heteroatoms. The first-order valence-corrected chi connectivity index (χ1v) is 8.13. The molecule has 0 N–H and O–H groups in total. The molecule has 0 fully saturated rings. The second kappa shape index (κ2) is 3.72. The highest BCUT2D eigenvalue weighted by Gasteiger charge is 2.17. The van der Waals surface area contributed by atoms with Crippen LogP contribution in [0.4, 0.5) is 0 Å². The van der Waals surface area contributed by atoms with Gasteiger partial charge in [-0.2, -0.15) is 0 Å². The summed E-state index contributed by atoms with van der Waals surface area (Å²) in [6.07, 6.45) is 0. The lowest BCUT2D eigenvalue weighted by Gasteiger charge is -2.20. The third kappa shape index (κ3) is 3.05. The predicted molar refractivity (Wildman–Crippen MR) is 60.2 cm³/mol. The van der Waals surface area contributed by atoms with Crippen LogP contribution < -0.4 is 4.43 Å². The van der Waals surface area contributed by atoms with E-state index in [1.807, 2.05) is 25.1 Å². The van der Waals surface area contributed by atoms with Crippen LogP contribution in [0, 0.1) is 6.92 Å². The maximum absolute atomic E-state index is 5.98. The van der Waals surface area contributed by atoms with Crippen LogP contribution >= 0.6 is 11.6 Å². The van der Waals surface area contributed by atoms with Gasteiger partial charge in [-0.1, -0.05) is 17.7 Å².